The third-order valence-corrected chi connectivity index (χ3v) is 4.96. The maximum absolute atomic E-state index is 12.4. The lowest BCUT2D eigenvalue weighted by Gasteiger charge is -2.28. The van der Waals surface area contributed by atoms with Crippen molar-refractivity contribution >= 4 is 11.8 Å². The molecule has 1 amide bonds. The van der Waals surface area contributed by atoms with Gasteiger partial charge in [-0.2, -0.15) is 0 Å². The molecule has 1 aliphatic rings. The van der Waals surface area contributed by atoms with E-state index < -0.39 is 0 Å². The van der Waals surface area contributed by atoms with Crippen LogP contribution in [-0.4, -0.2) is 35.6 Å². The van der Waals surface area contributed by atoms with Crippen molar-refractivity contribution in [2.24, 2.45) is 0 Å². The summed E-state index contributed by atoms with van der Waals surface area (Å²) in [6, 6.07) is 10.1. The molecule has 1 aromatic carbocycles. The molecule has 0 atom stereocenters. The summed E-state index contributed by atoms with van der Waals surface area (Å²) < 4.78 is 5.82. The number of anilines is 1. The smallest absolute Gasteiger partial charge is 0.232 e. The van der Waals surface area contributed by atoms with Crippen molar-refractivity contribution in [1.29, 1.82) is 0 Å². The summed E-state index contributed by atoms with van der Waals surface area (Å²) in [5.41, 5.74) is 2.93. The number of aromatic nitrogens is 1. The second-order valence-corrected chi connectivity index (χ2v) is 6.90. The fraction of sp³-hybridized carbons (Fsp3) is 0.524. The molecule has 5 heteroatoms. The lowest BCUT2D eigenvalue weighted by Crippen LogP contribution is -2.33. The standard InChI is InChI=1S/C21H29N3O2/c1-3-13-24(19(25)4-2)16-18-20(17-11-7-5-8-12-17)22-26-21(18)23-14-9-6-10-15-23/h5,7-8,11-12H,3-4,6,9-10,13-16H2,1-2H3. The minimum Gasteiger partial charge on any atom is -0.340 e. The Kier molecular flexibility index (Phi) is 6.31. The van der Waals surface area contributed by atoms with Gasteiger partial charge in [-0.25, -0.2) is 0 Å². The van der Waals surface area contributed by atoms with Gasteiger partial charge in [0, 0.05) is 31.6 Å². The van der Waals surface area contributed by atoms with Crippen molar-refractivity contribution in [1.82, 2.24) is 10.1 Å². The number of nitrogens with zero attached hydrogens (tertiary/aromatic N) is 3. The first-order valence-corrected chi connectivity index (χ1v) is 9.81. The first kappa shape index (κ1) is 18.5. The zero-order valence-corrected chi connectivity index (χ0v) is 15.9. The van der Waals surface area contributed by atoms with E-state index in [1.165, 1.54) is 19.3 Å². The number of benzene rings is 1. The Bertz CT molecular complexity index is 705. The molecule has 140 valence electrons. The third-order valence-electron chi connectivity index (χ3n) is 4.96. The van der Waals surface area contributed by atoms with Gasteiger partial charge in [0.05, 0.1) is 12.1 Å². The van der Waals surface area contributed by atoms with Gasteiger partial charge < -0.3 is 14.3 Å². The van der Waals surface area contributed by atoms with E-state index in [1.807, 2.05) is 42.2 Å². The van der Waals surface area contributed by atoms with Gasteiger partial charge in [0.1, 0.15) is 5.69 Å². The normalized spacial score (nSPS) is 14.5. The minimum atomic E-state index is 0.177. The predicted octanol–water partition coefficient (Wildman–Crippen LogP) is 4.48. The van der Waals surface area contributed by atoms with Gasteiger partial charge in [-0.05, 0) is 25.7 Å². The molecule has 0 bridgehead atoms. The first-order valence-electron chi connectivity index (χ1n) is 9.81. The van der Waals surface area contributed by atoms with E-state index in [-0.39, 0.29) is 5.91 Å². The van der Waals surface area contributed by atoms with Gasteiger partial charge in [0.25, 0.3) is 0 Å². The van der Waals surface area contributed by atoms with Crippen LogP contribution >= 0.6 is 0 Å². The molecule has 1 fully saturated rings. The number of hydrogen-bond donors (Lipinski definition) is 0. The second-order valence-electron chi connectivity index (χ2n) is 6.90. The maximum atomic E-state index is 12.4. The largest absolute Gasteiger partial charge is 0.340 e. The molecule has 1 saturated heterocycles. The van der Waals surface area contributed by atoms with Gasteiger partial charge in [-0.3, -0.25) is 4.79 Å². The maximum Gasteiger partial charge on any atom is 0.232 e. The Morgan fingerprint density at radius 3 is 2.54 bits per heavy atom. The van der Waals surface area contributed by atoms with Crippen LogP contribution in [0.5, 0.6) is 0 Å². The molecule has 1 aromatic heterocycles. The average Bonchev–Trinajstić information content (AvgIpc) is 3.12. The highest BCUT2D eigenvalue weighted by atomic mass is 16.5. The Labute approximate surface area is 156 Å². The van der Waals surface area contributed by atoms with Crippen LogP contribution in [0.2, 0.25) is 0 Å². The minimum absolute atomic E-state index is 0.177. The van der Waals surface area contributed by atoms with E-state index in [9.17, 15) is 4.79 Å². The number of piperidine rings is 1. The molecule has 3 rings (SSSR count). The molecular formula is C21H29N3O2. The fourth-order valence-corrected chi connectivity index (χ4v) is 3.59. The molecule has 0 spiro atoms. The van der Waals surface area contributed by atoms with Gasteiger partial charge in [-0.15, -0.1) is 0 Å². The topological polar surface area (TPSA) is 49.6 Å². The quantitative estimate of drug-likeness (QED) is 0.735. The number of amides is 1. The highest BCUT2D eigenvalue weighted by Crippen LogP contribution is 2.34. The zero-order chi connectivity index (χ0) is 18.4. The van der Waals surface area contributed by atoms with Crippen molar-refractivity contribution < 1.29 is 9.32 Å². The average molecular weight is 355 g/mol. The Morgan fingerprint density at radius 1 is 1.15 bits per heavy atom. The molecule has 0 radical (unpaired) electrons. The van der Waals surface area contributed by atoms with Crippen LogP contribution in [0, 0.1) is 0 Å². The molecule has 5 nitrogen and oxygen atoms in total. The van der Waals surface area contributed by atoms with Gasteiger partial charge >= 0.3 is 0 Å². The molecule has 0 unspecified atom stereocenters. The number of rotatable bonds is 7. The van der Waals surface area contributed by atoms with Crippen LogP contribution in [0.1, 0.15) is 51.5 Å². The van der Waals surface area contributed by atoms with Crippen molar-refractivity contribution in [2.45, 2.75) is 52.5 Å². The fourth-order valence-electron chi connectivity index (χ4n) is 3.59. The van der Waals surface area contributed by atoms with E-state index in [2.05, 4.69) is 17.0 Å². The van der Waals surface area contributed by atoms with E-state index >= 15 is 0 Å². The van der Waals surface area contributed by atoms with Gasteiger partial charge in [0.15, 0.2) is 0 Å². The summed E-state index contributed by atoms with van der Waals surface area (Å²) in [4.78, 5) is 16.7. The third kappa shape index (κ3) is 4.09. The number of carbonyl (C=O) groups excluding carboxylic acids is 1. The molecule has 0 N–H and O–H groups in total. The molecule has 1 aliphatic heterocycles. The molecule has 0 aliphatic carbocycles. The van der Waals surface area contributed by atoms with Crippen LogP contribution < -0.4 is 4.90 Å². The Balaban J connectivity index is 1.98. The predicted molar refractivity (Wildman–Crippen MR) is 104 cm³/mol. The summed E-state index contributed by atoms with van der Waals surface area (Å²) in [6.07, 6.45) is 5.07. The molecule has 2 aromatic rings. The first-order chi connectivity index (χ1) is 12.7. The van der Waals surface area contributed by atoms with Crippen molar-refractivity contribution in [2.75, 3.05) is 24.5 Å². The van der Waals surface area contributed by atoms with E-state index in [0.29, 0.717) is 13.0 Å². The molecule has 2 heterocycles. The summed E-state index contributed by atoms with van der Waals surface area (Å²) >= 11 is 0. The highest BCUT2D eigenvalue weighted by molar-refractivity contribution is 5.77. The SMILES string of the molecule is CCCN(Cc1c(-c2ccccc2)noc1N1CCCCC1)C(=O)CC. The summed E-state index contributed by atoms with van der Waals surface area (Å²) in [7, 11) is 0. The highest BCUT2D eigenvalue weighted by Gasteiger charge is 2.26. The zero-order valence-electron chi connectivity index (χ0n) is 15.9. The van der Waals surface area contributed by atoms with Crippen molar-refractivity contribution in [3.05, 3.63) is 35.9 Å². The summed E-state index contributed by atoms with van der Waals surface area (Å²) in [6.45, 7) is 7.32. The molecule has 0 saturated carbocycles. The van der Waals surface area contributed by atoms with Crippen molar-refractivity contribution in [3.8, 4) is 11.3 Å². The van der Waals surface area contributed by atoms with Crippen LogP contribution in [0.25, 0.3) is 11.3 Å². The van der Waals surface area contributed by atoms with Gasteiger partial charge in [0.2, 0.25) is 11.8 Å². The number of hydrogen-bond acceptors (Lipinski definition) is 4. The van der Waals surface area contributed by atoms with Gasteiger partial charge in [-0.1, -0.05) is 49.3 Å². The van der Waals surface area contributed by atoms with E-state index in [0.717, 1.165) is 48.8 Å². The molecule has 26 heavy (non-hydrogen) atoms. The summed E-state index contributed by atoms with van der Waals surface area (Å²) in [5, 5.41) is 4.41. The second kappa shape index (κ2) is 8.88. The van der Waals surface area contributed by atoms with Crippen LogP contribution in [0.4, 0.5) is 5.88 Å². The monoisotopic (exact) mass is 355 g/mol. The lowest BCUT2D eigenvalue weighted by atomic mass is 10.1. The Morgan fingerprint density at radius 2 is 1.88 bits per heavy atom. The lowest BCUT2D eigenvalue weighted by molar-refractivity contribution is -0.131. The molecular weight excluding hydrogens is 326 g/mol. The van der Waals surface area contributed by atoms with Crippen LogP contribution in [-0.2, 0) is 11.3 Å². The van der Waals surface area contributed by atoms with Crippen LogP contribution in [0.3, 0.4) is 0 Å². The summed E-state index contributed by atoms with van der Waals surface area (Å²) in [5.74, 6) is 1.02. The Hall–Kier alpha value is -2.30. The number of carbonyl (C=O) groups is 1. The van der Waals surface area contributed by atoms with Crippen molar-refractivity contribution in [3.63, 3.8) is 0 Å². The van der Waals surface area contributed by atoms with E-state index in [1.54, 1.807) is 0 Å². The van der Waals surface area contributed by atoms with E-state index in [4.69, 9.17) is 4.52 Å². The van der Waals surface area contributed by atoms with Crippen LogP contribution in [0.15, 0.2) is 34.9 Å².